The van der Waals surface area contributed by atoms with Crippen molar-refractivity contribution < 1.29 is 9.59 Å². The molecule has 3 N–H and O–H groups in total. The van der Waals surface area contributed by atoms with Gasteiger partial charge in [-0.3, -0.25) is 19.6 Å². The number of fused-ring (bicyclic) bond motifs is 2. The fourth-order valence-electron chi connectivity index (χ4n) is 4.06. The lowest BCUT2D eigenvalue weighted by Crippen LogP contribution is -2.34. The van der Waals surface area contributed by atoms with E-state index in [2.05, 4.69) is 20.5 Å². The van der Waals surface area contributed by atoms with Gasteiger partial charge >= 0.3 is 0 Å². The van der Waals surface area contributed by atoms with Crippen molar-refractivity contribution in [1.29, 1.82) is 0 Å². The minimum absolute atomic E-state index is 0.0846. The maximum absolute atomic E-state index is 12.7. The van der Waals surface area contributed by atoms with Crippen LogP contribution in [0.25, 0.3) is 21.8 Å². The van der Waals surface area contributed by atoms with E-state index in [9.17, 15) is 9.59 Å². The Balaban J connectivity index is 1.23. The molecule has 5 rings (SSSR count). The molecule has 0 spiro atoms. The van der Waals surface area contributed by atoms with Gasteiger partial charge < -0.3 is 10.3 Å². The molecule has 4 aromatic rings. The number of hydrogen-bond acceptors (Lipinski definition) is 3. The number of halogens is 1. The van der Waals surface area contributed by atoms with E-state index >= 15 is 0 Å². The van der Waals surface area contributed by atoms with E-state index in [1.807, 2.05) is 48.7 Å². The van der Waals surface area contributed by atoms with Gasteiger partial charge in [0.25, 0.3) is 0 Å². The minimum atomic E-state index is -0.384. The summed E-state index contributed by atoms with van der Waals surface area (Å²) in [6.07, 6.45) is 2.81. The van der Waals surface area contributed by atoms with Crippen molar-refractivity contribution in [3.63, 3.8) is 0 Å². The van der Waals surface area contributed by atoms with Crippen LogP contribution in [0.5, 0.6) is 0 Å². The number of nitrogens with zero attached hydrogens (tertiary/aromatic N) is 2. The molecule has 1 fully saturated rings. The Morgan fingerprint density at radius 3 is 2.97 bits per heavy atom. The maximum atomic E-state index is 12.7. The molecular formula is C22H20ClN5O2. The van der Waals surface area contributed by atoms with E-state index < -0.39 is 0 Å². The Hall–Kier alpha value is -3.32. The van der Waals surface area contributed by atoms with Gasteiger partial charge in [0, 0.05) is 47.0 Å². The Morgan fingerprint density at radius 2 is 2.07 bits per heavy atom. The van der Waals surface area contributed by atoms with Crippen molar-refractivity contribution >= 4 is 51.0 Å². The molecular weight excluding hydrogens is 402 g/mol. The Kier molecular flexibility index (Phi) is 4.67. The van der Waals surface area contributed by atoms with Gasteiger partial charge in [0.1, 0.15) is 0 Å². The topological polar surface area (TPSA) is 93.9 Å². The molecule has 2 aromatic heterocycles. The highest BCUT2D eigenvalue weighted by molar-refractivity contribution is 6.31. The molecule has 1 aliphatic rings. The Morgan fingerprint density at radius 1 is 1.20 bits per heavy atom. The van der Waals surface area contributed by atoms with Crippen LogP contribution >= 0.6 is 11.6 Å². The van der Waals surface area contributed by atoms with Gasteiger partial charge in [0.05, 0.1) is 11.4 Å². The van der Waals surface area contributed by atoms with E-state index in [1.54, 1.807) is 4.90 Å². The quantitative estimate of drug-likeness (QED) is 0.461. The lowest BCUT2D eigenvalue weighted by molar-refractivity contribution is -0.126. The summed E-state index contributed by atoms with van der Waals surface area (Å²) in [4.78, 5) is 30.0. The standard InChI is InChI=1S/C22H20ClN5O2/c23-15-5-6-18-17(10-15)13(11-25-18)7-8-24-22(30)14-9-20(29)28(12-14)21-16-3-1-2-4-19(16)26-27-21/h1-6,10-11,14,25H,7-9,12H2,(H,24,30)(H,26,27). The third-order valence-corrected chi connectivity index (χ3v) is 5.86. The molecule has 0 saturated carbocycles. The van der Waals surface area contributed by atoms with Crippen molar-refractivity contribution in [3.8, 4) is 0 Å². The fourth-order valence-corrected chi connectivity index (χ4v) is 4.24. The van der Waals surface area contributed by atoms with Crippen molar-refractivity contribution in [2.45, 2.75) is 12.8 Å². The van der Waals surface area contributed by atoms with Crippen molar-refractivity contribution in [3.05, 3.63) is 59.2 Å². The number of aromatic nitrogens is 3. The second-order valence-electron chi connectivity index (χ2n) is 7.54. The van der Waals surface area contributed by atoms with Crippen molar-refractivity contribution in [1.82, 2.24) is 20.5 Å². The number of carbonyl (C=O) groups excluding carboxylic acids is 2. The Bertz CT molecular complexity index is 1260. The molecule has 2 aromatic carbocycles. The van der Waals surface area contributed by atoms with Gasteiger partial charge in [-0.1, -0.05) is 23.7 Å². The van der Waals surface area contributed by atoms with Crippen LogP contribution in [0.15, 0.2) is 48.7 Å². The summed E-state index contributed by atoms with van der Waals surface area (Å²) in [6.45, 7) is 0.830. The number of benzene rings is 2. The first kappa shape index (κ1) is 18.7. The second kappa shape index (κ2) is 7.50. The molecule has 0 aliphatic carbocycles. The monoisotopic (exact) mass is 421 g/mol. The number of anilines is 1. The summed E-state index contributed by atoms with van der Waals surface area (Å²) in [7, 11) is 0. The van der Waals surface area contributed by atoms with Crippen LogP contribution in [0.1, 0.15) is 12.0 Å². The highest BCUT2D eigenvalue weighted by Gasteiger charge is 2.36. The predicted molar refractivity (Wildman–Crippen MR) is 117 cm³/mol. The van der Waals surface area contributed by atoms with Crippen molar-refractivity contribution in [2.24, 2.45) is 5.92 Å². The highest BCUT2D eigenvalue weighted by atomic mass is 35.5. The number of carbonyl (C=O) groups is 2. The number of rotatable bonds is 5. The summed E-state index contributed by atoms with van der Waals surface area (Å²) in [5.41, 5.74) is 2.98. The molecule has 0 bridgehead atoms. The van der Waals surface area contributed by atoms with E-state index in [1.165, 1.54) is 0 Å². The average Bonchev–Trinajstić information content (AvgIpc) is 3.44. The molecule has 1 saturated heterocycles. The number of amides is 2. The number of para-hydroxylation sites is 1. The molecule has 30 heavy (non-hydrogen) atoms. The van der Waals surface area contributed by atoms with Crippen LogP contribution in [0.4, 0.5) is 5.82 Å². The molecule has 2 amide bonds. The summed E-state index contributed by atoms with van der Waals surface area (Å²) in [5, 5.41) is 12.8. The number of H-pyrrole nitrogens is 2. The van der Waals surface area contributed by atoms with Gasteiger partial charge in [0.15, 0.2) is 5.82 Å². The molecule has 3 heterocycles. The number of nitrogens with one attached hydrogen (secondary N) is 3. The Labute approximate surface area is 177 Å². The zero-order valence-corrected chi connectivity index (χ0v) is 16.9. The molecule has 1 unspecified atom stereocenters. The number of hydrogen-bond donors (Lipinski definition) is 3. The zero-order valence-electron chi connectivity index (χ0n) is 16.1. The van der Waals surface area contributed by atoms with Gasteiger partial charge in [0.2, 0.25) is 11.8 Å². The minimum Gasteiger partial charge on any atom is -0.361 e. The molecule has 8 heteroatoms. The smallest absolute Gasteiger partial charge is 0.229 e. The van der Waals surface area contributed by atoms with E-state index in [-0.39, 0.29) is 24.2 Å². The van der Waals surface area contributed by atoms with Gasteiger partial charge in [-0.15, -0.1) is 0 Å². The fraction of sp³-hybridized carbons (Fsp3) is 0.227. The maximum Gasteiger partial charge on any atom is 0.229 e. The normalized spacial score (nSPS) is 16.6. The van der Waals surface area contributed by atoms with Gasteiger partial charge in [-0.2, -0.15) is 5.10 Å². The molecule has 7 nitrogen and oxygen atoms in total. The zero-order chi connectivity index (χ0) is 20.7. The average molecular weight is 422 g/mol. The van der Waals surface area contributed by atoms with Gasteiger partial charge in [-0.05, 0) is 42.3 Å². The lowest BCUT2D eigenvalue weighted by atomic mass is 10.1. The van der Waals surface area contributed by atoms with Gasteiger partial charge in [-0.25, -0.2) is 0 Å². The predicted octanol–water partition coefficient (Wildman–Crippen LogP) is 3.41. The van der Waals surface area contributed by atoms with E-state index in [4.69, 9.17) is 11.6 Å². The third kappa shape index (κ3) is 3.31. The summed E-state index contributed by atoms with van der Waals surface area (Å²) >= 11 is 6.10. The summed E-state index contributed by atoms with van der Waals surface area (Å²) < 4.78 is 0. The van der Waals surface area contributed by atoms with Crippen LogP contribution in [-0.2, 0) is 16.0 Å². The summed E-state index contributed by atoms with van der Waals surface area (Å²) in [6, 6.07) is 13.4. The van der Waals surface area contributed by atoms with Crippen LogP contribution in [0, 0.1) is 5.92 Å². The van der Waals surface area contributed by atoms with Crippen LogP contribution < -0.4 is 10.2 Å². The van der Waals surface area contributed by atoms with Crippen LogP contribution in [0.2, 0.25) is 5.02 Å². The second-order valence-corrected chi connectivity index (χ2v) is 7.98. The first-order valence-electron chi connectivity index (χ1n) is 9.87. The van der Waals surface area contributed by atoms with E-state index in [0.717, 1.165) is 27.4 Å². The van der Waals surface area contributed by atoms with E-state index in [0.29, 0.717) is 30.4 Å². The molecule has 1 aliphatic heterocycles. The SMILES string of the molecule is O=C(NCCc1c[nH]c2ccc(Cl)cc12)C1CC(=O)N(c2n[nH]c3ccccc23)C1. The van der Waals surface area contributed by atoms with Crippen LogP contribution in [0.3, 0.4) is 0 Å². The number of aromatic amines is 2. The van der Waals surface area contributed by atoms with Crippen molar-refractivity contribution in [2.75, 3.05) is 18.0 Å². The molecule has 152 valence electrons. The molecule has 1 atom stereocenters. The van der Waals surface area contributed by atoms with Crippen LogP contribution in [-0.4, -0.2) is 40.1 Å². The highest BCUT2D eigenvalue weighted by Crippen LogP contribution is 2.29. The first-order valence-corrected chi connectivity index (χ1v) is 10.2. The summed E-state index contributed by atoms with van der Waals surface area (Å²) in [5.74, 6) is 0.00850. The molecule has 0 radical (unpaired) electrons. The first-order chi connectivity index (χ1) is 14.6. The third-order valence-electron chi connectivity index (χ3n) is 5.62. The largest absolute Gasteiger partial charge is 0.361 e. The lowest BCUT2D eigenvalue weighted by Gasteiger charge is -2.14.